The number of aliphatic hydroxyl groups excluding tert-OH is 1. The van der Waals surface area contributed by atoms with Gasteiger partial charge in [0.1, 0.15) is 5.56 Å². The predicted octanol–water partition coefficient (Wildman–Crippen LogP) is 2.78. The van der Waals surface area contributed by atoms with E-state index in [2.05, 4.69) is 50.6 Å². The lowest BCUT2D eigenvalue weighted by molar-refractivity contribution is 0.112. The molecule has 0 amide bonds. The van der Waals surface area contributed by atoms with Gasteiger partial charge in [-0.1, -0.05) is 49.1 Å². The van der Waals surface area contributed by atoms with Gasteiger partial charge in [-0.2, -0.15) is 5.10 Å². The summed E-state index contributed by atoms with van der Waals surface area (Å²) in [6.07, 6.45) is 6.49. The number of rotatable bonds is 6. The van der Waals surface area contributed by atoms with Crippen molar-refractivity contribution in [2.24, 2.45) is 12.8 Å². The molecule has 48 heavy (non-hydrogen) atoms. The molecule has 2 aromatic carbocycles. The number of para-hydroxylation sites is 1. The Balaban J connectivity index is 0.000000268. The number of anilines is 1. The van der Waals surface area contributed by atoms with Crippen LogP contribution in [0.1, 0.15) is 45.7 Å². The number of benzene rings is 2. The molecule has 0 unspecified atom stereocenters. The van der Waals surface area contributed by atoms with Gasteiger partial charge in [0.05, 0.1) is 29.4 Å². The van der Waals surface area contributed by atoms with E-state index < -0.39 is 0 Å². The van der Waals surface area contributed by atoms with Crippen LogP contribution in [0, 0.1) is 11.8 Å². The number of carbonyl (C=O) groups is 1. The average molecular weight is 646 g/mol. The van der Waals surface area contributed by atoms with Crippen molar-refractivity contribution in [3.8, 4) is 17.5 Å². The topological polar surface area (TPSA) is 163 Å². The first-order valence-electron chi connectivity index (χ1n) is 15.6. The summed E-state index contributed by atoms with van der Waals surface area (Å²) in [4.78, 5) is 30.4. The van der Waals surface area contributed by atoms with Crippen LogP contribution in [0.25, 0.3) is 22.1 Å². The molecule has 12 nitrogen and oxygen atoms in total. The molecule has 12 heteroatoms. The molecule has 0 bridgehead atoms. The summed E-state index contributed by atoms with van der Waals surface area (Å²) in [5.74, 6) is 7.15. The Kier molecular flexibility index (Phi) is 10.8. The maximum atomic E-state index is 13.7. The van der Waals surface area contributed by atoms with Crippen LogP contribution in [0.3, 0.4) is 0 Å². The van der Waals surface area contributed by atoms with Gasteiger partial charge < -0.3 is 16.6 Å². The van der Waals surface area contributed by atoms with Crippen molar-refractivity contribution in [2.45, 2.75) is 19.3 Å². The van der Waals surface area contributed by atoms with E-state index in [0.29, 0.717) is 35.3 Å². The molecule has 5 heterocycles. The third-order valence-corrected chi connectivity index (χ3v) is 8.15. The normalized spacial score (nSPS) is 12.7. The van der Waals surface area contributed by atoms with Crippen molar-refractivity contribution in [3.63, 3.8) is 0 Å². The lowest BCUT2D eigenvalue weighted by Gasteiger charge is -2.39. The summed E-state index contributed by atoms with van der Waals surface area (Å²) in [5.41, 5.74) is 15.3. The highest BCUT2D eigenvalue weighted by atomic mass is 16.3. The molecule has 0 radical (unpaired) electrons. The highest BCUT2D eigenvalue weighted by Gasteiger charge is 2.31. The number of β-amino-alcohol motifs (C(OH)–C–C–N with tert-alkyl or cyclic N) is 1. The second kappa shape index (κ2) is 15.3. The molecular weight excluding hydrogens is 606 g/mol. The Morgan fingerprint density at radius 3 is 2.50 bits per heavy atom. The molecule has 0 spiro atoms. The molecule has 1 aliphatic rings. The van der Waals surface area contributed by atoms with Crippen molar-refractivity contribution in [2.75, 3.05) is 39.0 Å². The van der Waals surface area contributed by atoms with Gasteiger partial charge in [0.2, 0.25) is 0 Å². The summed E-state index contributed by atoms with van der Waals surface area (Å²) >= 11 is 0. The van der Waals surface area contributed by atoms with Gasteiger partial charge in [-0.3, -0.25) is 23.7 Å². The maximum absolute atomic E-state index is 13.7. The zero-order chi connectivity index (χ0) is 34.2. The largest absolute Gasteiger partial charge is 0.395 e. The zero-order valence-electron chi connectivity index (χ0n) is 27.2. The number of carbonyl (C=O) groups excluding carboxylic acids is 1. The molecule has 1 aliphatic heterocycles. The number of aromatic nitrogens is 6. The summed E-state index contributed by atoms with van der Waals surface area (Å²) in [5, 5.41) is 19.0. The summed E-state index contributed by atoms with van der Waals surface area (Å²) in [7, 11) is 3.44. The van der Waals surface area contributed by atoms with Crippen LogP contribution in [-0.4, -0.2) is 78.5 Å². The van der Waals surface area contributed by atoms with Gasteiger partial charge >= 0.3 is 0 Å². The van der Waals surface area contributed by atoms with E-state index in [0.717, 1.165) is 53.1 Å². The summed E-state index contributed by atoms with van der Waals surface area (Å²) < 4.78 is 5.16. The number of nitrogens with zero attached hydrogens (tertiary/aromatic N) is 7. The fraction of sp³-hybridized carbons (Fsp3) is 0.250. The molecule has 246 valence electrons. The summed E-state index contributed by atoms with van der Waals surface area (Å²) in [6, 6.07) is 19.4. The van der Waals surface area contributed by atoms with Crippen LogP contribution in [0.5, 0.6) is 0 Å². The number of aryl methyl sites for hydroxylation is 2. The maximum Gasteiger partial charge on any atom is 0.264 e. The van der Waals surface area contributed by atoms with Crippen LogP contribution in [0.2, 0.25) is 0 Å². The first-order chi connectivity index (χ1) is 23.4. The van der Waals surface area contributed by atoms with Crippen LogP contribution >= 0.6 is 0 Å². The second-order valence-electron chi connectivity index (χ2n) is 11.0. The average Bonchev–Trinajstić information content (AvgIpc) is 3.63. The third-order valence-electron chi connectivity index (χ3n) is 8.15. The number of likely N-dealkylation sites (tertiary alicyclic amines) is 1. The van der Waals surface area contributed by atoms with Crippen molar-refractivity contribution in [3.05, 3.63) is 118 Å². The van der Waals surface area contributed by atoms with Gasteiger partial charge in [0.15, 0.2) is 17.8 Å². The highest BCUT2D eigenvalue weighted by Crippen LogP contribution is 2.28. The zero-order valence-corrected chi connectivity index (χ0v) is 27.2. The minimum Gasteiger partial charge on any atom is -0.395 e. The molecule has 1 saturated heterocycles. The first kappa shape index (κ1) is 33.7. The van der Waals surface area contributed by atoms with E-state index in [-0.39, 0.29) is 18.0 Å². The molecular formula is C36H39N9O3. The lowest BCUT2D eigenvalue weighted by atomic mass is 9.93. The second-order valence-corrected chi connectivity index (χ2v) is 11.0. The molecule has 1 fully saturated rings. The fourth-order valence-electron chi connectivity index (χ4n) is 5.90. The Bertz CT molecular complexity index is 2150. The Hall–Kier alpha value is -5.61. The van der Waals surface area contributed by atoms with Gasteiger partial charge in [0, 0.05) is 61.9 Å². The van der Waals surface area contributed by atoms with E-state index in [9.17, 15) is 9.59 Å². The van der Waals surface area contributed by atoms with Gasteiger partial charge in [-0.25, -0.2) is 9.50 Å². The van der Waals surface area contributed by atoms with Crippen LogP contribution < -0.4 is 17.0 Å². The Morgan fingerprint density at radius 1 is 1.04 bits per heavy atom. The molecule has 6 aromatic rings. The number of aliphatic hydroxyl groups is 1. The number of aldehydes is 1. The molecule has 5 N–H and O–H groups in total. The number of pyridine rings is 1. The lowest BCUT2D eigenvalue weighted by Crippen LogP contribution is -2.47. The minimum absolute atomic E-state index is 0.0458. The van der Waals surface area contributed by atoms with E-state index in [1.54, 1.807) is 29.2 Å². The molecule has 0 aliphatic carbocycles. The summed E-state index contributed by atoms with van der Waals surface area (Å²) in [6.45, 7) is 4.72. The fourth-order valence-corrected chi connectivity index (χ4v) is 5.90. The van der Waals surface area contributed by atoms with Crippen molar-refractivity contribution in [1.82, 2.24) is 33.8 Å². The van der Waals surface area contributed by atoms with E-state index in [4.69, 9.17) is 10.8 Å². The SMILES string of the molecule is CCc1cc2cccc(C#Cc3cnn(C)c3C3CN(CCO)C3)c2c(=O)n1-c1ccccc1.CN.Nc1nn2cccnc2c1C=O. The number of fused-ring (bicyclic) bond motifs is 2. The number of nitrogens with two attached hydrogens (primary N) is 2. The monoisotopic (exact) mass is 645 g/mol. The smallest absolute Gasteiger partial charge is 0.264 e. The number of nitrogen functional groups attached to an aromatic ring is 1. The predicted molar refractivity (Wildman–Crippen MR) is 187 cm³/mol. The quantitative estimate of drug-likeness (QED) is 0.183. The van der Waals surface area contributed by atoms with Gasteiger partial charge in [-0.05, 0) is 49.2 Å². The van der Waals surface area contributed by atoms with E-state index in [1.165, 1.54) is 11.6 Å². The van der Waals surface area contributed by atoms with Crippen molar-refractivity contribution < 1.29 is 9.90 Å². The minimum atomic E-state index is -0.0458. The molecule has 7 rings (SSSR count). The van der Waals surface area contributed by atoms with E-state index in [1.807, 2.05) is 60.3 Å². The van der Waals surface area contributed by atoms with E-state index >= 15 is 0 Å². The number of hydrogen-bond donors (Lipinski definition) is 3. The first-order valence-corrected chi connectivity index (χ1v) is 15.6. The van der Waals surface area contributed by atoms with Gasteiger partial charge in [-0.15, -0.1) is 5.10 Å². The third kappa shape index (κ3) is 6.74. The van der Waals surface area contributed by atoms with Crippen molar-refractivity contribution in [1.29, 1.82) is 0 Å². The molecule has 0 saturated carbocycles. The van der Waals surface area contributed by atoms with Crippen LogP contribution in [0.4, 0.5) is 5.82 Å². The van der Waals surface area contributed by atoms with Crippen LogP contribution in [0.15, 0.2) is 84.0 Å². The van der Waals surface area contributed by atoms with Gasteiger partial charge in [0.25, 0.3) is 5.56 Å². The Labute approximate surface area is 278 Å². The molecule has 4 aromatic heterocycles. The number of hydrogen-bond acceptors (Lipinski definition) is 9. The Morgan fingerprint density at radius 2 is 1.79 bits per heavy atom. The van der Waals surface area contributed by atoms with Crippen molar-refractivity contribution >= 4 is 28.5 Å². The standard InChI is InChI=1S/C28H28N4O2.C7H6N4O.CH5N/c1-3-24-16-21-9-7-8-20(26(21)28(34)32(24)25-10-5-4-6-11-25)12-13-22-17-29-30(2)27(22)23-18-31(19-23)14-15-33;8-6-5(4-12)7-9-2-1-3-11(7)10-6;1-2/h4-11,16-17,23,33H,3,14-15,18-19H2,1-2H3;1-4H,(H2,8,10);2H2,1H3. The highest BCUT2D eigenvalue weighted by molar-refractivity contribution is 5.90. The molecule has 0 atom stereocenters. The van der Waals surface area contributed by atoms with Crippen LogP contribution in [-0.2, 0) is 13.5 Å².